The van der Waals surface area contributed by atoms with E-state index in [1.165, 1.54) is 18.4 Å². The van der Waals surface area contributed by atoms with Crippen molar-refractivity contribution in [3.05, 3.63) is 34.9 Å². The third-order valence-corrected chi connectivity index (χ3v) is 5.50. The quantitative estimate of drug-likeness (QED) is 0.284. The van der Waals surface area contributed by atoms with E-state index >= 15 is 0 Å². The highest BCUT2D eigenvalue weighted by molar-refractivity contribution is 7.80. The fraction of sp³-hybridized carbons (Fsp3) is 0.591. The van der Waals surface area contributed by atoms with Crippen LogP contribution in [0, 0.1) is 0 Å². The summed E-state index contributed by atoms with van der Waals surface area (Å²) in [5.41, 5.74) is 3.33. The van der Waals surface area contributed by atoms with Crippen molar-refractivity contribution < 1.29 is 14.6 Å². The lowest BCUT2D eigenvalue weighted by atomic mass is 9.84. The number of epoxide rings is 1. The summed E-state index contributed by atoms with van der Waals surface area (Å²) in [7, 11) is 0. The molecule has 0 amide bonds. The number of hydrogen-bond donors (Lipinski definition) is 2. The van der Waals surface area contributed by atoms with E-state index < -0.39 is 0 Å². The monoisotopic (exact) mass is 389 g/mol. The van der Waals surface area contributed by atoms with Crippen molar-refractivity contribution in [1.82, 2.24) is 5.32 Å². The first-order valence-electron chi connectivity index (χ1n) is 10.2. The van der Waals surface area contributed by atoms with Gasteiger partial charge >= 0.3 is 0 Å². The van der Waals surface area contributed by atoms with Gasteiger partial charge in [-0.1, -0.05) is 31.4 Å². The number of benzene rings is 1. The Bertz CT molecular complexity index is 697. The second-order valence-electron chi connectivity index (χ2n) is 7.72. The number of thiocarbonyl (C=S) groups is 1. The zero-order valence-corrected chi connectivity index (χ0v) is 17.2. The highest BCUT2D eigenvalue weighted by atomic mass is 32.1. The molecule has 1 aliphatic carbocycles. The molecule has 1 fully saturated rings. The van der Waals surface area contributed by atoms with E-state index in [0.29, 0.717) is 23.2 Å². The number of unbranched alkanes of at least 4 members (excludes halogenated alkanes) is 2. The van der Waals surface area contributed by atoms with Crippen molar-refractivity contribution in [2.24, 2.45) is 0 Å². The van der Waals surface area contributed by atoms with Gasteiger partial charge in [-0.3, -0.25) is 0 Å². The first kappa shape index (κ1) is 20.2. The van der Waals surface area contributed by atoms with Crippen LogP contribution in [0.25, 0.3) is 0 Å². The first-order chi connectivity index (χ1) is 13.1. The molecule has 2 atom stereocenters. The van der Waals surface area contributed by atoms with E-state index in [4.69, 9.17) is 21.7 Å². The van der Waals surface area contributed by atoms with Crippen molar-refractivity contribution in [1.29, 1.82) is 0 Å². The SMILES string of the molecule is CCCCCc1cc(O)c([C@@H]2C=C(C)CCC2)c(OC(=S)NCC2CO2)c1. The van der Waals surface area contributed by atoms with Crippen molar-refractivity contribution in [2.75, 3.05) is 13.2 Å². The fourth-order valence-corrected chi connectivity index (χ4v) is 3.88. The Hall–Kier alpha value is -1.59. The number of ether oxygens (including phenoxy) is 2. The molecule has 0 bridgehead atoms. The third kappa shape index (κ3) is 5.94. The molecule has 5 heteroatoms. The molecule has 1 aromatic rings. The van der Waals surface area contributed by atoms with Crippen molar-refractivity contribution in [2.45, 2.75) is 70.8 Å². The third-order valence-electron chi connectivity index (χ3n) is 5.27. The highest BCUT2D eigenvalue weighted by Crippen LogP contribution is 2.42. The summed E-state index contributed by atoms with van der Waals surface area (Å²) in [5.74, 6) is 1.18. The number of aryl methyl sites for hydroxylation is 1. The largest absolute Gasteiger partial charge is 0.507 e. The smallest absolute Gasteiger partial charge is 0.262 e. The maximum atomic E-state index is 10.8. The van der Waals surface area contributed by atoms with Gasteiger partial charge in [0.15, 0.2) is 0 Å². The van der Waals surface area contributed by atoms with E-state index in [0.717, 1.165) is 49.8 Å². The van der Waals surface area contributed by atoms with Gasteiger partial charge in [0.1, 0.15) is 11.5 Å². The summed E-state index contributed by atoms with van der Waals surface area (Å²) in [6.45, 7) is 5.80. The van der Waals surface area contributed by atoms with E-state index in [1.54, 1.807) is 0 Å². The molecule has 0 aromatic heterocycles. The molecule has 1 aromatic carbocycles. The van der Waals surface area contributed by atoms with Crippen molar-refractivity contribution >= 4 is 17.4 Å². The van der Waals surface area contributed by atoms with Crippen LogP contribution in [0.1, 0.15) is 69.4 Å². The lowest BCUT2D eigenvalue weighted by Crippen LogP contribution is -2.30. The molecule has 0 spiro atoms. The number of phenols is 1. The van der Waals surface area contributed by atoms with Gasteiger partial charge in [0.25, 0.3) is 5.17 Å². The number of allylic oxidation sites excluding steroid dienone is 2. The van der Waals surface area contributed by atoms with Crippen LogP contribution >= 0.6 is 12.2 Å². The highest BCUT2D eigenvalue weighted by Gasteiger charge is 2.25. The number of nitrogens with one attached hydrogen (secondary N) is 1. The standard InChI is InChI=1S/C22H31NO3S/c1-3-4-5-8-16-11-19(24)21(17-9-6-7-15(2)10-17)20(12-16)26-22(27)23-13-18-14-25-18/h10-12,17-18,24H,3-9,13-14H2,1-2H3,(H,23,27)/t17-,18?/m0/s1. The first-order valence-corrected chi connectivity index (χ1v) is 10.6. The number of phenolic OH excluding ortho intramolecular Hbond substituents is 1. The topological polar surface area (TPSA) is 54.0 Å². The molecule has 2 aliphatic rings. The lowest BCUT2D eigenvalue weighted by molar-refractivity contribution is 0.400. The molecule has 148 valence electrons. The van der Waals surface area contributed by atoms with E-state index in [1.807, 2.05) is 6.07 Å². The predicted octanol–water partition coefficient (Wildman–Crippen LogP) is 4.99. The Labute approximate surface area is 167 Å². The Morgan fingerprint density at radius 3 is 2.89 bits per heavy atom. The van der Waals surface area contributed by atoms with E-state index in [-0.39, 0.29) is 12.0 Å². The molecule has 1 unspecified atom stereocenters. The van der Waals surface area contributed by atoms with Crippen LogP contribution in [0.3, 0.4) is 0 Å². The Balaban J connectivity index is 1.82. The van der Waals surface area contributed by atoms with Gasteiger partial charge in [0.2, 0.25) is 0 Å². The average molecular weight is 390 g/mol. The van der Waals surface area contributed by atoms with Crippen molar-refractivity contribution in [3.8, 4) is 11.5 Å². The summed E-state index contributed by atoms with van der Waals surface area (Å²) in [5, 5.41) is 14.3. The van der Waals surface area contributed by atoms with Crippen LogP contribution in [-0.2, 0) is 11.2 Å². The lowest BCUT2D eigenvalue weighted by Gasteiger charge is -2.24. The molecule has 1 aliphatic heterocycles. The Morgan fingerprint density at radius 1 is 1.37 bits per heavy atom. The molecule has 27 heavy (non-hydrogen) atoms. The normalized spacial score (nSPS) is 21.5. The van der Waals surface area contributed by atoms with Gasteiger partial charge in [0.05, 0.1) is 12.7 Å². The Morgan fingerprint density at radius 2 is 2.19 bits per heavy atom. The molecular formula is C22H31NO3S. The second-order valence-corrected chi connectivity index (χ2v) is 8.09. The summed E-state index contributed by atoms with van der Waals surface area (Å²) < 4.78 is 11.2. The van der Waals surface area contributed by atoms with Crippen LogP contribution in [0.4, 0.5) is 0 Å². The van der Waals surface area contributed by atoms with Crippen LogP contribution in [0.5, 0.6) is 11.5 Å². The molecule has 1 heterocycles. The van der Waals surface area contributed by atoms with E-state index in [2.05, 4.69) is 31.3 Å². The average Bonchev–Trinajstić information content (AvgIpc) is 3.44. The molecule has 2 N–H and O–H groups in total. The zero-order chi connectivity index (χ0) is 19.2. The minimum absolute atomic E-state index is 0.174. The van der Waals surface area contributed by atoms with Gasteiger partial charge < -0.3 is 19.9 Å². The maximum absolute atomic E-state index is 10.8. The summed E-state index contributed by atoms with van der Waals surface area (Å²) in [6, 6.07) is 3.97. The Kier molecular flexibility index (Phi) is 7.13. The number of rotatable bonds is 8. The maximum Gasteiger partial charge on any atom is 0.262 e. The van der Waals surface area contributed by atoms with Gasteiger partial charge in [-0.05, 0) is 68.9 Å². The minimum atomic E-state index is 0.174. The van der Waals surface area contributed by atoms with Gasteiger partial charge in [-0.2, -0.15) is 0 Å². The van der Waals surface area contributed by atoms with Crippen LogP contribution < -0.4 is 10.1 Å². The molecule has 0 saturated carbocycles. The van der Waals surface area contributed by atoms with Crippen LogP contribution in [-0.4, -0.2) is 29.5 Å². The molecule has 0 radical (unpaired) electrons. The second kappa shape index (κ2) is 9.56. The number of aromatic hydroxyl groups is 1. The summed E-state index contributed by atoms with van der Waals surface area (Å²) in [6.07, 6.45) is 10.2. The van der Waals surface area contributed by atoms with Gasteiger partial charge in [-0.25, -0.2) is 0 Å². The number of hydrogen-bond acceptors (Lipinski definition) is 4. The van der Waals surface area contributed by atoms with Gasteiger partial charge in [0, 0.05) is 18.0 Å². The molecule has 1 saturated heterocycles. The predicted molar refractivity (Wildman–Crippen MR) is 113 cm³/mol. The van der Waals surface area contributed by atoms with Crippen LogP contribution in [0.2, 0.25) is 0 Å². The summed E-state index contributed by atoms with van der Waals surface area (Å²) >= 11 is 5.37. The van der Waals surface area contributed by atoms with E-state index in [9.17, 15) is 5.11 Å². The minimum Gasteiger partial charge on any atom is -0.507 e. The van der Waals surface area contributed by atoms with Crippen LogP contribution in [0.15, 0.2) is 23.8 Å². The van der Waals surface area contributed by atoms with Gasteiger partial charge in [-0.15, -0.1) is 0 Å². The fourth-order valence-electron chi connectivity index (χ4n) is 3.71. The molecular weight excluding hydrogens is 358 g/mol. The summed E-state index contributed by atoms with van der Waals surface area (Å²) in [4.78, 5) is 0. The van der Waals surface area contributed by atoms with Crippen molar-refractivity contribution in [3.63, 3.8) is 0 Å². The molecule has 4 nitrogen and oxygen atoms in total. The molecule has 3 rings (SSSR count). The zero-order valence-electron chi connectivity index (χ0n) is 16.4.